The van der Waals surface area contributed by atoms with Crippen LogP contribution in [0.3, 0.4) is 0 Å². The van der Waals surface area contributed by atoms with Crippen LogP contribution in [0.4, 0.5) is 0 Å². The quantitative estimate of drug-likeness (QED) is 0.0757. The van der Waals surface area contributed by atoms with Gasteiger partial charge in [0.2, 0.25) is 0 Å². The van der Waals surface area contributed by atoms with Gasteiger partial charge in [-0.25, -0.2) is 19.9 Å². The van der Waals surface area contributed by atoms with Crippen molar-refractivity contribution < 1.29 is 0 Å². The summed E-state index contributed by atoms with van der Waals surface area (Å²) in [7, 11) is 0. The van der Waals surface area contributed by atoms with Crippen molar-refractivity contribution in [2.75, 3.05) is 0 Å². The highest BCUT2D eigenvalue weighted by Crippen LogP contribution is 2.64. The Hall–Kier alpha value is -8.34. The Morgan fingerprint density at radius 3 is 1.20 bits per heavy atom. The van der Waals surface area contributed by atoms with Gasteiger partial charge in [0.15, 0.2) is 11.6 Å². The molecule has 4 aliphatic rings. The molecule has 2 aromatic heterocycles. The summed E-state index contributed by atoms with van der Waals surface area (Å²) in [4.78, 5) is 21.0. The number of aryl methyl sites for hydroxylation is 1. The molecule has 94 heavy (non-hydrogen) atoms. The largest absolute Gasteiger partial charge is 0.236 e. The zero-order valence-electron chi connectivity index (χ0n) is 58.1. The summed E-state index contributed by atoms with van der Waals surface area (Å²) in [5.74, 6) is 1.54. The third-order valence-electron chi connectivity index (χ3n) is 23.2. The maximum atomic E-state index is 5.27. The lowest BCUT2D eigenvalue weighted by molar-refractivity contribution is 0.398. The van der Waals surface area contributed by atoms with Crippen molar-refractivity contribution in [1.29, 1.82) is 0 Å². The molecule has 11 aromatic rings. The summed E-state index contributed by atoms with van der Waals surface area (Å²) >= 11 is 0. The number of nitrogens with zero attached hydrogens (tertiary/aromatic N) is 4. The second kappa shape index (κ2) is 23.5. The fourth-order valence-electron chi connectivity index (χ4n) is 18.0. The van der Waals surface area contributed by atoms with Gasteiger partial charge in [-0.15, -0.1) is 0 Å². The average Bonchev–Trinajstić information content (AvgIpc) is 1.55. The van der Waals surface area contributed by atoms with Crippen molar-refractivity contribution in [3.8, 4) is 89.5 Å². The molecular weight excluding hydrogens is 1140 g/mol. The second-order valence-electron chi connectivity index (χ2n) is 31.0. The van der Waals surface area contributed by atoms with E-state index in [9.17, 15) is 0 Å². The number of fused-ring (bicyclic) bond motifs is 16. The van der Waals surface area contributed by atoms with E-state index in [1.54, 1.807) is 11.1 Å². The van der Waals surface area contributed by atoms with Crippen LogP contribution in [-0.4, -0.2) is 19.9 Å². The lowest BCUT2D eigenvalue weighted by atomic mass is 9.69. The number of benzene rings is 9. The summed E-state index contributed by atoms with van der Waals surface area (Å²) in [5, 5.41) is 4.97. The average molecular weight is 1230 g/mol. The predicted octanol–water partition coefficient (Wildman–Crippen LogP) is 24.8. The third kappa shape index (κ3) is 9.87. The van der Waals surface area contributed by atoms with Gasteiger partial charge in [-0.05, 0) is 200 Å². The Labute approximate surface area is 560 Å². The molecule has 0 atom stereocenters. The summed E-state index contributed by atoms with van der Waals surface area (Å²) in [6.45, 7) is 28.5. The van der Waals surface area contributed by atoms with Crippen LogP contribution in [0.15, 0.2) is 170 Å². The normalized spacial score (nSPS) is 15.4. The van der Waals surface area contributed by atoms with Gasteiger partial charge < -0.3 is 0 Å². The molecule has 0 bridgehead atoms. The molecule has 0 saturated heterocycles. The second-order valence-corrected chi connectivity index (χ2v) is 31.0. The van der Waals surface area contributed by atoms with E-state index in [1.807, 2.05) is 12.4 Å². The third-order valence-corrected chi connectivity index (χ3v) is 23.2. The molecule has 0 radical (unpaired) electrons. The molecule has 0 aliphatic heterocycles. The van der Waals surface area contributed by atoms with E-state index in [2.05, 4.69) is 241 Å². The van der Waals surface area contributed by atoms with E-state index in [4.69, 9.17) is 19.9 Å². The monoisotopic (exact) mass is 1230 g/mol. The molecule has 0 unspecified atom stereocenters. The van der Waals surface area contributed by atoms with Crippen LogP contribution in [0.2, 0.25) is 0 Å². The molecule has 2 heterocycles. The van der Waals surface area contributed by atoms with Crippen molar-refractivity contribution >= 4 is 21.5 Å². The maximum Gasteiger partial charge on any atom is 0.159 e. The molecule has 0 saturated carbocycles. The van der Waals surface area contributed by atoms with Gasteiger partial charge in [0.25, 0.3) is 0 Å². The highest BCUT2D eigenvalue weighted by Gasteiger charge is 2.49. The molecule has 15 rings (SSSR count). The van der Waals surface area contributed by atoms with Crippen LogP contribution in [0, 0.1) is 0 Å². The van der Waals surface area contributed by atoms with Crippen molar-refractivity contribution in [2.24, 2.45) is 0 Å². The summed E-state index contributed by atoms with van der Waals surface area (Å²) in [5.41, 5.74) is 31.1. The molecule has 4 nitrogen and oxygen atoms in total. The molecule has 9 aromatic carbocycles. The van der Waals surface area contributed by atoms with E-state index >= 15 is 0 Å². The molecular formula is C90H94N4. The van der Waals surface area contributed by atoms with Crippen molar-refractivity contribution in [1.82, 2.24) is 19.9 Å². The van der Waals surface area contributed by atoms with Crippen LogP contribution in [0.5, 0.6) is 0 Å². The molecule has 0 fully saturated rings. The minimum absolute atomic E-state index is 0.0387. The van der Waals surface area contributed by atoms with Gasteiger partial charge in [0.1, 0.15) is 0 Å². The summed E-state index contributed by atoms with van der Waals surface area (Å²) in [6.07, 6.45) is 26.8. The van der Waals surface area contributed by atoms with Crippen LogP contribution in [-0.2, 0) is 33.5 Å². The van der Waals surface area contributed by atoms with E-state index in [0.29, 0.717) is 0 Å². The standard InChI is InChI=1S/C90H94N4/c1-13-16-18-20-22-30-42-90(43-31-23-21-19-17-14-2)78-50-71-76(88(9,10)80-48-69(61-32-24-26-35-65(61)82(71)80)84-91-52-59(53-92-84)57-39-38-56(15-3)74(44-57)86(4,5)6)46-67(78)68-47-77-72(51-79(68)90)83-66-36-27-25-33-62(66)70(49-81(83)89(77,11)12)85-93-54-60(55-94-85)58-40-41-64-63-34-28-29-37-73(63)87(7,8)75(64)45-58/h24-29,32-41,44-55H,13-23,30-31,42-43H2,1-12H3. The molecule has 4 aliphatic carbocycles. The first-order valence-electron chi connectivity index (χ1n) is 35.9. The molecule has 474 valence electrons. The van der Waals surface area contributed by atoms with E-state index < -0.39 is 0 Å². The number of rotatable bonds is 19. The Morgan fingerprint density at radius 1 is 0.319 bits per heavy atom. The smallest absolute Gasteiger partial charge is 0.159 e. The highest BCUT2D eigenvalue weighted by molar-refractivity contribution is 6.11. The fourth-order valence-corrected chi connectivity index (χ4v) is 18.0. The number of hydrogen-bond donors (Lipinski definition) is 0. The van der Waals surface area contributed by atoms with E-state index in [0.717, 1.165) is 58.7 Å². The Bertz CT molecular complexity index is 4780. The van der Waals surface area contributed by atoms with Gasteiger partial charge >= 0.3 is 0 Å². The van der Waals surface area contributed by atoms with Crippen molar-refractivity contribution in [3.63, 3.8) is 0 Å². The topological polar surface area (TPSA) is 51.6 Å². The lowest BCUT2D eigenvalue weighted by Crippen LogP contribution is -2.26. The molecule has 0 amide bonds. The van der Waals surface area contributed by atoms with E-state index in [-0.39, 0.29) is 27.1 Å². The Kier molecular flexibility index (Phi) is 15.5. The minimum atomic E-state index is -0.298. The first-order valence-corrected chi connectivity index (χ1v) is 35.9. The summed E-state index contributed by atoms with van der Waals surface area (Å²) < 4.78 is 0. The van der Waals surface area contributed by atoms with Crippen LogP contribution < -0.4 is 0 Å². The highest BCUT2D eigenvalue weighted by atomic mass is 14.9. The first kappa shape index (κ1) is 61.8. The zero-order valence-corrected chi connectivity index (χ0v) is 58.1. The Balaban J connectivity index is 0.854. The van der Waals surface area contributed by atoms with E-state index in [1.165, 1.54) is 193 Å². The van der Waals surface area contributed by atoms with Gasteiger partial charge in [0.05, 0.1) is 0 Å². The van der Waals surface area contributed by atoms with Gasteiger partial charge in [-0.2, -0.15) is 0 Å². The van der Waals surface area contributed by atoms with Crippen LogP contribution in [0.25, 0.3) is 111 Å². The maximum absolute atomic E-state index is 5.27. The minimum Gasteiger partial charge on any atom is -0.236 e. The predicted molar refractivity (Wildman–Crippen MR) is 397 cm³/mol. The Morgan fingerprint density at radius 2 is 0.713 bits per heavy atom. The van der Waals surface area contributed by atoms with Gasteiger partial charge in [-0.1, -0.05) is 263 Å². The fraction of sp³-hybridized carbons (Fsp3) is 0.356. The molecule has 4 heteroatoms. The number of unbranched alkanes of at least 4 members (excludes halogenated alkanes) is 10. The van der Waals surface area contributed by atoms with Crippen molar-refractivity contribution in [2.45, 2.75) is 206 Å². The SMILES string of the molecule is CCCCCCCCC1(CCCCCCCC)c2cc3c(cc2-c2cc4c(cc21)-c1c(cc(-c2ncc(-c5ccc6c(c5)C(C)(C)c5ccccc5-6)cn2)c2ccccc12)C4(C)C)C(C)(C)c1cc(-c2ncc(-c4ccc(CC)c(C(C)(C)C)c4)cn2)c2ccccc2c1-3. The van der Waals surface area contributed by atoms with Gasteiger partial charge in [0, 0.05) is 68.7 Å². The van der Waals surface area contributed by atoms with Crippen molar-refractivity contribution in [3.05, 3.63) is 226 Å². The van der Waals surface area contributed by atoms with Crippen LogP contribution >= 0.6 is 0 Å². The molecule has 0 spiro atoms. The van der Waals surface area contributed by atoms with Gasteiger partial charge in [-0.3, -0.25) is 0 Å². The zero-order chi connectivity index (χ0) is 65.1. The van der Waals surface area contributed by atoms with Crippen LogP contribution in [0.1, 0.15) is 229 Å². The lowest BCUT2D eigenvalue weighted by Gasteiger charge is -2.34. The summed E-state index contributed by atoms with van der Waals surface area (Å²) in [6, 6.07) is 56.8. The number of aromatic nitrogens is 4. The first-order chi connectivity index (χ1) is 45.4. The molecule has 0 N–H and O–H groups in total. The number of hydrogen-bond acceptors (Lipinski definition) is 4.